The Hall–Kier alpha value is -4.14. The van der Waals surface area contributed by atoms with E-state index in [1.807, 2.05) is 27.2 Å². The van der Waals surface area contributed by atoms with Crippen molar-refractivity contribution in [2.45, 2.75) is 161 Å². The number of carbonyl (C=O) groups excluding carboxylic acids is 1. The number of rotatable bonds is 44. The summed E-state index contributed by atoms with van der Waals surface area (Å²) in [6, 6.07) is -0.899. The zero-order chi connectivity index (χ0) is 50.6. The van der Waals surface area contributed by atoms with Gasteiger partial charge in [-0.05, 0) is 122 Å². The first-order chi connectivity index (χ1) is 33.5. The number of nitrogens with zero attached hydrogens (tertiary/aromatic N) is 1. The Morgan fingerprint density at radius 3 is 1.25 bits per heavy atom. The van der Waals surface area contributed by atoms with Gasteiger partial charge >= 0.3 is 7.82 Å². The van der Waals surface area contributed by atoms with Gasteiger partial charge in [0, 0.05) is 6.42 Å². The van der Waals surface area contributed by atoms with Crippen LogP contribution in [0.4, 0.5) is 0 Å². The molecule has 3 N–H and O–H groups in total. The zero-order valence-corrected chi connectivity index (χ0v) is 44.6. The van der Waals surface area contributed by atoms with E-state index in [0.717, 1.165) is 122 Å². The van der Waals surface area contributed by atoms with Gasteiger partial charge < -0.3 is 19.8 Å². The van der Waals surface area contributed by atoms with Crippen molar-refractivity contribution in [1.82, 2.24) is 5.32 Å². The monoisotopic (exact) mass is 972 g/mol. The fraction of sp³-hybridized carbons (Fsp3) is 0.517. The molecule has 3 unspecified atom stereocenters. The Morgan fingerprint density at radius 2 is 0.841 bits per heavy atom. The summed E-state index contributed by atoms with van der Waals surface area (Å²) in [6.45, 7) is 4.47. The Kier molecular flexibility index (Phi) is 45.9. The predicted molar refractivity (Wildman–Crippen MR) is 299 cm³/mol. The quantitative estimate of drug-likeness (QED) is 0.0243. The van der Waals surface area contributed by atoms with Gasteiger partial charge in [-0.2, -0.15) is 0 Å². The number of unbranched alkanes of at least 4 members (excludes halogenated alkanes) is 5. The topological polar surface area (TPSA) is 105 Å². The van der Waals surface area contributed by atoms with Crippen LogP contribution in [0.5, 0.6) is 0 Å². The third-order valence-corrected chi connectivity index (χ3v) is 11.1. The molecule has 69 heavy (non-hydrogen) atoms. The number of hydrogen-bond acceptors (Lipinski definition) is 5. The molecule has 0 spiro atoms. The first-order valence-corrected chi connectivity index (χ1v) is 27.5. The SMILES string of the molecule is CC/C=C\C/C=C\C/C=C\C/C=C\C/C=C\C/C=C\C/C=C\C/C=C\C/C=C\C/C=C\C/C=C\CCCCCC(=O)NC(COP(=O)(O)OCC[N+](C)(C)C)C(O)/C=C/CC/C=C/CC/C=C/CC. The third-order valence-electron chi connectivity index (χ3n) is 10.2. The second kappa shape index (κ2) is 48.9. The number of phosphoric acid groups is 1. The molecule has 0 aliphatic heterocycles. The zero-order valence-electron chi connectivity index (χ0n) is 43.7. The lowest BCUT2D eigenvalue weighted by Gasteiger charge is -2.25. The molecule has 3 atom stereocenters. The van der Waals surface area contributed by atoms with E-state index in [4.69, 9.17) is 9.05 Å². The van der Waals surface area contributed by atoms with Gasteiger partial charge in [-0.25, -0.2) is 4.57 Å². The minimum Gasteiger partial charge on any atom is -0.387 e. The summed E-state index contributed by atoms with van der Waals surface area (Å²) in [5.74, 6) is -0.235. The number of amides is 1. The standard InChI is InChI=1S/C60H95N2O6P/c1-6-8-10-12-14-16-18-19-20-21-22-23-24-25-26-27-28-29-30-31-32-33-34-35-36-37-38-39-40-41-42-43-44-46-48-50-52-54-60(64)61-58(57-68-69(65,66)67-56-55-62(3,4)5)59(63)53-51-49-47-45-17-15-13-11-9-7-2/h8-11,14,16-17,19-20,22-23,25-26,28-29,31-32,34-35,37-38,40-41,43-45,51,53,58-59,63H,6-7,12-13,15,18,21,24,27,30,33,36,39,42,46-50,52,54-57H2,1-5H3,(H-,61,64,65,66)/p+1/b10-8-,11-9+,16-14-,20-19-,23-22-,26-25-,29-28-,32-31-,35-34-,38-37-,41-40-,44-43-,45-17+,53-51+. The molecule has 0 aromatic heterocycles. The lowest BCUT2D eigenvalue weighted by molar-refractivity contribution is -0.870. The molecule has 386 valence electrons. The van der Waals surface area contributed by atoms with E-state index >= 15 is 0 Å². The molecule has 0 aliphatic carbocycles. The maximum atomic E-state index is 12.9. The molecule has 0 saturated heterocycles. The van der Waals surface area contributed by atoms with Crippen LogP contribution < -0.4 is 5.32 Å². The van der Waals surface area contributed by atoms with Crippen molar-refractivity contribution >= 4 is 13.7 Å². The van der Waals surface area contributed by atoms with Crippen LogP contribution in [0.2, 0.25) is 0 Å². The lowest BCUT2D eigenvalue weighted by atomic mass is 10.1. The maximum absolute atomic E-state index is 12.9. The molecule has 0 aliphatic rings. The summed E-state index contributed by atoms with van der Waals surface area (Å²) in [7, 11) is 1.49. The smallest absolute Gasteiger partial charge is 0.387 e. The predicted octanol–water partition coefficient (Wildman–Crippen LogP) is 15.7. The fourth-order valence-corrected chi connectivity index (χ4v) is 6.88. The van der Waals surface area contributed by atoms with Gasteiger partial charge in [0.05, 0.1) is 39.9 Å². The Bertz CT molecular complexity index is 1720. The van der Waals surface area contributed by atoms with Crippen LogP contribution in [0.1, 0.15) is 149 Å². The number of phosphoric ester groups is 1. The summed E-state index contributed by atoms with van der Waals surface area (Å²) in [4.78, 5) is 23.1. The lowest BCUT2D eigenvalue weighted by Crippen LogP contribution is -2.45. The van der Waals surface area contributed by atoms with Crippen molar-refractivity contribution in [2.24, 2.45) is 0 Å². The summed E-state index contributed by atoms with van der Waals surface area (Å²) in [5.41, 5.74) is 0. The van der Waals surface area contributed by atoms with E-state index in [1.54, 1.807) is 6.08 Å². The minimum atomic E-state index is -4.37. The van der Waals surface area contributed by atoms with Crippen LogP contribution >= 0.6 is 7.82 Å². The molecule has 0 aromatic carbocycles. The Balaban J connectivity index is 4.26. The summed E-state index contributed by atoms with van der Waals surface area (Å²) >= 11 is 0. The van der Waals surface area contributed by atoms with Gasteiger partial charge in [0.15, 0.2) is 0 Å². The second-order valence-electron chi connectivity index (χ2n) is 17.8. The fourth-order valence-electron chi connectivity index (χ4n) is 6.14. The third kappa shape index (κ3) is 51.5. The van der Waals surface area contributed by atoms with E-state index < -0.39 is 20.0 Å². The second-order valence-corrected chi connectivity index (χ2v) is 19.2. The number of allylic oxidation sites excluding steroid dienone is 27. The normalized spacial score (nSPS) is 15.4. The maximum Gasteiger partial charge on any atom is 0.472 e. The highest BCUT2D eigenvalue weighted by molar-refractivity contribution is 7.47. The number of carbonyl (C=O) groups is 1. The van der Waals surface area contributed by atoms with Crippen LogP contribution in [0.15, 0.2) is 170 Å². The first-order valence-electron chi connectivity index (χ1n) is 26.0. The van der Waals surface area contributed by atoms with Crippen molar-refractivity contribution < 1.29 is 32.9 Å². The van der Waals surface area contributed by atoms with E-state index in [0.29, 0.717) is 23.9 Å². The molecule has 0 aromatic rings. The molecule has 0 saturated carbocycles. The summed E-state index contributed by atoms with van der Waals surface area (Å²) in [6.07, 6.45) is 79.0. The number of nitrogens with one attached hydrogen (secondary N) is 1. The van der Waals surface area contributed by atoms with E-state index in [2.05, 4.69) is 177 Å². The molecule has 8 nitrogen and oxygen atoms in total. The Labute approximate surface area is 422 Å². The summed E-state index contributed by atoms with van der Waals surface area (Å²) < 4.78 is 23.5. The van der Waals surface area contributed by atoms with Crippen LogP contribution in [-0.2, 0) is 18.4 Å². The van der Waals surface area contributed by atoms with Crippen LogP contribution in [-0.4, -0.2) is 73.4 Å². The average molecular weight is 972 g/mol. The van der Waals surface area contributed by atoms with Crippen LogP contribution in [0.3, 0.4) is 0 Å². The molecular formula is C60H96N2O6P+. The van der Waals surface area contributed by atoms with E-state index in [9.17, 15) is 19.4 Å². The molecule has 0 fully saturated rings. The highest BCUT2D eigenvalue weighted by Gasteiger charge is 2.27. The van der Waals surface area contributed by atoms with Crippen LogP contribution in [0, 0.1) is 0 Å². The van der Waals surface area contributed by atoms with Crippen molar-refractivity contribution in [3.8, 4) is 0 Å². The van der Waals surface area contributed by atoms with Crippen molar-refractivity contribution in [3.05, 3.63) is 170 Å². The minimum absolute atomic E-state index is 0.0362. The highest BCUT2D eigenvalue weighted by Crippen LogP contribution is 2.43. The molecular weight excluding hydrogens is 876 g/mol. The number of quaternary nitrogens is 1. The van der Waals surface area contributed by atoms with Gasteiger partial charge in [-0.15, -0.1) is 0 Å². The largest absolute Gasteiger partial charge is 0.472 e. The van der Waals surface area contributed by atoms with Crippen LogP contribution in [0.25, 0.3) is 0 Å². The molecule has 0 rings (SSSR count). The van der Waals surface area contributed by atoms with E-state index in [1.165, 1.54) is 0 Å². The number of aliphatic hydroxyl groups excluding tert-OH is 1. The highest BCUT2D eigenvalue weighted by atomic mass is 31.2. The molecule has 1 amide bonds. The first kappa shape index (κ1) is 64.9. The van der Waals surface area contributed by atoms with Crippen molar-refractivity contribution in [2.75, 3.05) is 40.9 Å². The van der Waals surface area contributed by atoms with Gasteiger partial charge in [0.1, 0.15) is 13.2 Å². The molecule has 0 heterocycles. The number of aliphatic hydroxyl groups is 1. The van der Waals surface area contributed by atoms with Gasteiger partial charge in [-0.3, -0.25) is 13.8 Å². The molecule has 9 heteroatoms. The van der Waals surface area contributed by atoms with Gasteiger partial charge in [0.2, 0.25) is 5.91 Å². The number of hydrogen-bond donors (Lipinski definition) is 3. The van der Waals surface area contributed by atoms with Gasteiger partial charge in [-0.1, -0.05) is 190 Å². The molecule has 0 radical (unpaired) electrons. The summed E-state index contributed by atoms with van der Waals surface area (Å²) in [5, 5.41) is 13.7. The van der Waals surface area contributed by atoms with E-state index in [-0.39, 0.29) is 19.1 Å². The molecule has 0 bridgehead atoms. The average Bonchev–Trinajstić information content (AvgIpc) is 3.31. The Morgan fingerprint density at radius 1 is 0.493 bits per heavy atom. The van der Waals surface area contributed by atoms with Crippen molar-refractivity contribution in [1.29, 1.82) is 0 Å². The number of likely N-dealkylation sites (N-methyl/N-ethyl adjacent to an activating group) is 1. The van der Waals surface area contributed by atoms with Crippen molar-refractivity contribution in [3.63, 3.8) is 0 Å². The van der Waals surface area contributed by atoms with Gasteiger partial charge in [0.25, 0.3) is 0 Å².